The number of methoxy groups -OCH3 is 1. The summed E-state index contributed by atoms with van der Waals surface area (Å²) in [5, 5.41) is 0. The van der Waals surface area contributed by atoms with Crippen LogP contribution in [0.25, 0.3) is 0 Å². The summed E-state index contributed by atoms with van der Waals surface area (Å²) in [6.45, 7) is 3.81. The Morgan fingerprint density at radius 1 is 1.56 bits per heavy atom. The van der Waals surface area contributed by atoms with Crippen molar-refractivity contribution < 1.29 is 13.2 Å². The summed E-state index contributed by atoms with van der Waals surface area (Å²) in [5.41, 5.74) is 6.02. The van der Waals surface area contributed by atoms with Crippen molar-refractivity contribution in [2.45, 2.75) is 11.3 Å². The molecule has 0 amide bonds. The second kappa shape index (κ2) is 6.21. The number of nitrogens with two attached hydrogens (primary N) is 1. The lowest BCUT2D eigenvalue weighted by Gasteiger charge is -2.12. The molecule has 0 saturated heterocycles. The maximum Gasteiger partial charge on any atom is 0.244 e. The third-order valence-electron chi connectivity index (χ3n) is 2.21. The molecule has 0 fully saturated rings. The van der Waals surface area contributed by atoms with Gasteiger partial charge >= 0.3 is 0 Å². The van der Waals surface area contributed by atoms with Crippen molar-refractivity contribution in [2.75, 3.05) is 19.4 Å². The number of nitrogens with one attached hydrogen (secondary N) is 1. The fourth-order valence-corrected chi connectivity index (χ4v) is 2.85. The predicted molar refractivity (Wildman–Crippen MR) is 75.1 cm³/mol. The van der Waals surface area contributed by atoms with Crippen LogP contribution in [0.15, 0.2) is 34.2 Å². The highest BCUT2D eigenvalue weighted by atomic mass is 79.9. The van der Waals surface area contributed by atoms with Gasteiger partial charge in [-0.15, -0.1) is 6.58 Å². The minimum atomic E-state index is -3.64. The zero-order valence-corrected chi connectivity index (χ0v) is 12.3. The van der Waals surface area contributed by atoms with Gasteiger partial charge in [0, 0.05) is 16.7 Å². The zero-order valence-electron chi connectivity index (χ0n) is 9.94. The second-order valence-corrected chi connectivity index (χ2v) is 6.09. The topological polar surface area (TPSA) is 81.4 Å². The highest BCUT2D eigenvalue weighted by molar-refractivity contribution is 9.10. The van der Waals surface area contributed by atoms with E-state index in [1.165, 1.54) is 19.2 Å². The number of rotatable bonds is 6. The fraction of sp³-hybridized carbons (Fsp3) is 0.273. The molecule has 0 aliphatic carbocycles. The molecule has 100 valence electrons. The number of nitrogen functional groups attached to an aromatic ring is 1. The van der Waals surface area contributed by atoms with Crippen molar-refractivity contribution in [2.24, 2.45) is 0 Å². The Balaban J connectivity index is 3.14. The van der Waals surface area contributed by atoms with E-state index in [-0.39, 0.29) is 17.2 Å². The van der Waals surface area contributed by atoms with E-state index in [0.717, 1.165) is 0 Å². The lowest BCUT2D eigenvalue weighted by Crippen LogP contribution is -2.25. The summed E-state index contributed by atoms with van der Waals surface area (Å²) in [6, 6.07) is 2.89. The quantitative estimate of drug-likeness (QED) is 0.473. The van der Waals surface area contributed by atoms with Crippen LogP contribution < -0.4 is 15.2 Å². The van der Waals surface area contributed by atoms with Crippen LogP contribution in [0.2, 0.25) is 0 Å². The summed E-state index contributed by atoms with van der Waals surface area (Å²) in [4.78, 5) is 0.0229. The van der Waals surface area contributed by atoms with Gasteiger partial charge in [0.2, 0.25) is 10.0 Å². The van der Waals surface area contributed by atoms with Crippen LogP contribution in [0.1, 0.15) is 6.42 Å². The Labute approximate surface area is 115 Å². The molecular formula is C11H15BrN2O3S. The maximum absolute atomic E-state index is 12.1. The molecule has 7 heteroatoms. The lowest BCUT2D eigenvalue weighted by molar-refractivity contribution is 0.402. The van der Waals surface area contributed by atoms with Crippen molar-refractivity contribution in [3.8, 4) is 5.75 Å². The molecule has 5 nitrogen and oxygen atoms in total. The zero-order chi connectivity index (χ0) is 13.8. The van der Waals surface area contributed by atoms with Crippen LogP contribution in [0.4, 0.5) is 5.69 Å². The maximum atomic E-state index is 12.1. The van der Waals surface area contributed by atoms with Gasteiger partial charge in [0.25, 0.3) is 0 Å². The molecule has 1 aromatic carbocycles. The van der Waals surface area contributed by atoms with Crippen molar-refractivity contribution >= 4 is 31.6 Å². The monoisotopic (exact) mass is 334 g/mol. The SMILES string of the molecule is C=CCCNS(=O)(=O)c1cc(N)c(Br)cc1OC. The van der Waals surface area contributed by atoms with Gasteiger partial charge in [-0.2, -0.15) is 0 Å². The number of hydrogen-bond acceptors (Lipinski definition) is 4. The standard InChI is InChI=1S/C11H15BrN2O3S/c1-3-4-5-14-18(15,16)11-7-9(13)8(12)6-10(11)17-2/h3,6-7,14H,1,4-5,13H2,2H3. The van der Waals surface area contributed by atoms with Gasteiger partial charge in [0.1, 0.15) is 10.6 Å². The van der Waals surface area contributed by atoms with Crippen molar-refractivity contribution in [3.63, 3.8) is 0 Å². The first kappa shape index (κ1) is 15.0. The Hall–Kier alpha value is -1.05. The van der Waals surface area contributed by atoms with Crippen LogP contribution in [-0.2, 0) is 10.0 Å². The summed E-state index contributed by atoms with van der Waals surface area (Å²) >= 11 is 3.22. The number of sulfonamides is 1. The predicted octanol–water partition coefficient (Wildman–Crippen LogP) is 1.89. The highest BCUT2D eigenvalue weighted by Crippen LogP contribution is 2.32. The Kier molecular flexibility index (Phi) is 5.18. The van der Waals surface area contributed by atoms with Gasteiger partial charge < -0.3 is 10.5 Å². The molecule has 0 atom stereocenters. The lowest BCUT2D eigenvalue weighted by atomic mass is 10.3. The van der Waals surface area contributed by atoms with Crippen LogP contribution in [0.3, 0.4) is 0 Å². The molecule has 0 heterocycles. The number of ether oxygens (including phenoxy) is 1. The van der Waals surface area contributed by atoms with E-state index in [1.54, 1.807) is 6.08 Å². The smallest absolute Gasteiger partial charge is 0.244 e. The third kappa shape index (κ3) is 3.47. The highest BCUT2D eigenvalue weighted by Gasteiger charge is 2.20. The van der Waals surface area contributed by atoms with E-state index < -0.39 is 10.0 Å². The first-order valence-electron chi connectivity index (χ1n) is 5.16. The van der Waals surface area contributed by atoms with Gasteiger partial charge in [-0.25, -0.2) is 13.1 Å². The van der Waals surface area contributed by atoms with Crippen molar-refractivity contribution in [3.05, 3.63) is 29.3 Å². The third-order valence-corrected chi connectivity index (χ3v) is 4.38. The summed E-state index contributed by atoms with van der Waals surface area (Å²) in [5.74, 6) is 0.238. The van der Waals surface area contributed by atoms with Crippen molar-refractivity contribution in [1.82, 2.24) is 4.72 Å². The van der Waals surface area contributed by atoms with Crippen LogP contribution in [0.5, 0.6) is 5.75 Å². The number of benzene rings is 1. The summed E-state index contributed by atoms with van der Waals surface area (Å²) in [6.07, 6.45) is 2.18. The Morgan fingerprint density at radius 3 is 2.78 bits per heavy atom. The van der Waals surface area contributed by atoms with Gasteiger partial charge in [0.15, 0.2) is 0 Å². The molecular weight excluding hydrogens is 320 g/mol. The molecule has 0 aromatic heterocycles. The van der Waals surface area contributed by atoms with Gasteiger partial charge in [-0.05, 0) is 34.5 Å². The molecule has 3 N–H and O–H groups in total. The first-order chi connectivity index (χ1) is 8.42. The molecule has 0 radical (unpaired) electrons. The molecule has 1 rings (SSSR count). The molecule has 0 aliphatic heterocycles. The first-order valence-corrected chi connectivity index (χ1v) is 7.43. The Morgan fingerprint density at radius 2 is 2.22 bits per heavy atom. The van der Waals surface area contributed by atoms with Crippen LogP contribution in [-0.4, -0.2) is 22.1 Å². The van der Waals surface area contributed by atoms with Gasteiger partial charge in [0.05, 0.1) is 7.11 Å². The molecule has 0 unspecified atom stereocenters. The molecule has 0 aliphatic rings. The van der Waals surface area contributed by atoms with Crippen LogP contribution in [0, 0.1) is 0 Å². The van der Waals surface area contributed by atoms with Gasteiger partial charge in [-0.3, -0.25) is 0 Å². The largest absolute Gasteiger partial charge is 0.495 e. The molecule has 0 spiro atoms. The van der Waals surface area contributed by atoms with E-state index in [2.05, 4.69) is 27.2 Å². The minimum Gasteiger partial charge on any atom is -0.495 e. The van der Waals surface area contributed by atoms with Crippen LogP contribution >= 0.6 is 15.9 Å². The molecule has 0 bridgehead atoms. The number of anilines is 1. The van der Waals surface area contributed by atoms with E-state index >= 15 is 0 Å². The number of halogens is 1. The average molecular weight is 335 g/mol. The van der Waals surface area contributed by atoms with Gasteiger partial charge in [-0.1, -0.05) is 6.08 Å². The molecule has 0 saturated carbocycles. The summed E-state index contributed by atoms with van der Waals surface area (Å²) in [7, 11) is -2.23. The second-order valence-electron chi connectivity index (χ2n) is 3.50. The van der Waals surface area contributed by atoms with E-state index in [0.29, 0.717) is 16.6 Å². The normalized spacial score (nSPS) is 11.2. The van der Waals surface area contributed by atoms with E-state index in [1.807, 2.05) is 0 Å². The minimum absolute atomic E-state index is 0.0229. The van der Waals surface area contributed by atoms with E-state index in [4.69, 9.17) is 10.5 Å². The molecule has 1 aromatic rings. The molecule has 18 heavy (non-hydrogen) atoms. The van der Waals surface area contributed by atoms with E-state index in [9.17, 15) is 8.42 Å². The fourth-order valence-electron chi connectivity index (χ4n) is 1.29. The Bertz CT molecular complexity index is 543. The van der Waals surface area contributed by atoms with Crippen molar-refractivity contribution in [1.29, 1.82) is 0 Å². The number of hydrogen-bond donors (Lipinski definition) is 2. The average Bonchev–Trinajstić information content (AvgIpc) is 2.32. The summed E-state index contributed by atoms with van der Waals surface area (Å²) < 4.78 is 32.2.